The van der Waals surface area contributed by atoms with Crippen LogP contribution in [0.1, 0.15) is 33.9 Å². The number of halogens is 1. The monoisotopic (exact) mass is 528 g/mol. The number of aromatic hydroxyl groups is 1. The van der Waals surface area contributed by atoms with Crippen molar-refractivity contribution < 1.29 is 42.5 Å². The van der Waals surface area contributed by atoms with Gasteiger partial charge in [0.15, 0.2) is 11.9 Å². The van der Waals surface area contributed by atoms with Crippen molar-refractivity contribution in [3.8, 4) is 11.5 Å². The molecule has 1 aliphatic heterocycles. The third-order valence-corrected chi connectivity index (χ3v) is 6.98. The molecule has 0 amide bonds. The normalized spacial score (nSPS) is 26.4. The average molecular weight is 528 g/mol. The zero-order valence-corrected chi connectivity index (χ0v) is 21.1. The SMILES string of the molecule is CC(C)OC(=O)C(C)NP(=O)(OCC1OC(n2ccc(O)cc2=O)C(C)(F)C1O)Oc1ccccc1. The third kappa shape index (κ3) is 6.51. The lowest BCUT2D eigenvalue weighted by Crippen LogP contribution is -2.42. The van der Waals surface area contributed by atoms with Crippen LogP contribution in [0.3, 0.4) is 0 Å². The highest BCUT2D eigenvalue weighted by Gasteiger charge is 2.55. The second-order valence-electron chi connectivity index (χ2n) is 8.79. The number of aliphatic hydroxyl groups is 1. The van der Waals surface area contributed by atoms with Gasteiger partial charge in [-0.05, 0) is 45.9 Å². The first-order valence-electron chi connectivity index (χ1n) is 11.2. The van der Waals surface area contributed by atoms with Crippen LogP contribution in [0.4, 0.5) is 4.39 Å². The second-order valence-corrected chi connectivity index (χ2v) is 10.5. The van der Waals surface area contributed by atoms with Crippen molar-refractivity contribution in [1.29, 1.82) is 0 Å². The molecule has 0 aliphatic carbocycles. The van der Waals surface area contributed by atoms with Crippen LogP contribution in [0.2, 0.25) is 0 Å². The number of ether oxygens (including phenoxy) is 2. The number of nitrogens with one attached hydrogen (secondary N) is 1. The molecule has 0 bridgehead atoms. The van der Waals surface area contributed by atoms with Gasteiger partial charge in [0.2, 0.25) is 0 Å². The first-order chi connectivity index (χ1) is 16.8. The lowest BCUT2D eigenvalue weighted by Gasteiger charge is -2.25. The summed E-state index contributed by atoms with van der Waals surface area (Å²) in [5, 5.41) is 22.5. The van der Waals surface area contributed by atoms with Gasteiger partial charge in [0.05, 0.1) is 12.7 Å². The number of nitrogens with zero attached hydrogens (tertiary/aromatic N) is 1. The Balaban J connectivity index is 1.79. The summed E-state index contributed by atoms with van der Waals surface area (Å²) in [5.41, 5.74) is -3.20. The van der Waals surface area contributed by atoms with Crippen LogP contribution < -0.4 is 15.2 Å². The van der Waals surface area contributed by atoms with Crippen LogP contribution in [0.25, 0.3) is 0 Å². The van der Waals surface area contributed by atoms with Crippen molar-refractivity contribution in [1.82, 2.24) is 9.65 Å². The lowest BCUT2D eigenvalue weighted by atomic mass is 9.98. The average Bonchev–Trinajstić information content (AvgIpc) is 3.01. The molecule has 13 heteroatoms. The van der Waals surface area contributed by atoms with E-state index in [-0.39, 0.29) is 11.5 Å². The largest absolute Gasteiger partial charge is 0.508 e. The Labute approximate surface area is 207 Å². The zero-order valence-electron chi connectivity index (χ0n) is 20.2. The number of carbonyl (C=O) groups excluding carboxylic acids is 1. The molecule has 36 heavy (non-hydrogen) atoms. The molecule has 0 spiro atoms. The minimum Gasteiger partial charge on any atom is -0.508 e. The van der Waals surface area contributed by atoms with Crippen LogP contribution in [0.5, 0.6) is 11.5 Å². The highest BCUT2D eigenvalue weighted by molar-refractivity contribution is 7.52. The molecule has 198 valence electrons. The van der Waals surface area contributed by atoms with E-state index in [9.17, 15) is 24.4 Å². The molecule has 3 rings (SSSR count). The quantitative estimate of drug-likeness (QED) is 0.311. The van der Waals surface area contributed by atoms with Gasteiger partial charge in [-0.15, -0.1) is 0 Å². The highest BCUT2D eigenvalue weighted by Crippen LogP contribution is 2.47. The number of para-hydroxylation sites is 1. The molecule has 0 saturated carbocycles. The maximum atomic E-state index is 15.5. The number of carbonyl (C=O) groups is 1. The number of aromatic nitrogens is 1. The van der Waals surface area contributed by atoms with Gasteiger partial charge in [-0.25, -0.2) is 8.96 Å². The number of rotatable bonds is 10. The minimum atomic E-state index is -4.29. The van der Waals surface area contributed by atoms with Gasteiger partial charge < -0.3 is 24.2 Å². The Morgan fingerprint density at radius 2 is 1.94 bits per heavy atom. The Bertz CT molecular complexity index is 1160. The number of aliphatic hydroxyl groups excluding tert-OH is 1. The number of esters is 1. The fraction of sp³-hybridized carbons (Fsp3) is 0.478. The molecule has 1 aromatic carbocycles. The van der Waals surface area contributed by atoms with Gasteiger partial charge in [-0.2, -0.15) is 5.09 Å². The van der Waals surface area contributed by atoms with E-state index in [1.54, 1.807) is 32.0 Å². The summed E-state index contributed by atoms with van der Waals surface area (Å²) in [7, 11) is -4.29. The number of benzene rings is 1. The molecule has 1 aromatic heterocycles. The molecule has 2 heterocycles. The van der Waals surface area contributed by atoms with Crippen molar-refractivity contribution in [2.45, 2.75) is 63.9 Å². The van der Waals surface area contributed by atoms with E-state index in [2.05, 4.69) is 5.09 Å². The zero-order chi connectivity index (χ0) is 26.7. The van der Waals surface area contributed by atoms with E-state index in [4.69, 9.17) is 18.5 Å². The summed E-state index contributed by atoms with van der Waals surface area (Å²) in [6.45, 7) is 5.15. The highest BCUT2D eigenvalue weighted by atomic mass is 31.2. The van der Waals surface area contributed by atoms with Crippen LogP contribution in [0, 0.1) is 0 Å². The molecule has 1 aliphatic rings. The van der Waals surface area contributed by atoms with Crippen LogP contribution in [-0.2, 0) is 23.4 Å². The number of alkyl halides is 1. The topological polar surface area (TPSA) is 146 Å². The molecular weight excluding hydrogens is 498 g/mol. The summed E-state index contributed by atoms with van der Waals surface area (Å²) in [5.74, 6) is -0.856. The van der Waals surface area contributed by atoms with Crippen molar-refractivity contribution in [3.63, 3.8) is 0 Å². The predicted molar refractivity (Wildman–Crippen MR) is 126 cm³/mol. The standard InChI is InChI=1S/C23H30FN2O9P/c1-14(2)33-21(30)15(3)25-36(31,35-17-8-6-5-7-9-17)32-13-18-20(29)23(4,24)22(34-18)26-11-10-16(27)12-19(26)28/h5-12,14-15,18,20,22,27,29H,13H2,1-4H3,(H,25,31). The van der Waals surface area contributed by atoms with Crippen molar-refractivity contribution in [2.75, 3.05) is 6.61 Å². The summed E-state index contributed by atoms with van der Waals surface area (Å²) < 4.78 is 51.6. The van der Waals surface area contributed by atoms with E-state index in [1.165, 1.54) is 25.1 Å². The van der Waals surface area contributed by atoms with Crippen LogP contribution in [0.15, 0.2) is 53.5 Å². The van der Waals surface area contributed by atoms with Gasteiger partial charge in [0.25, 0.3) is 5.56 Å². The molecule has 1 fully saturated rings. The summed E-state index contributed by atoms with van der Waals surface area (Å²) in [4.78, 5) is 24.5. The molecule has 3 N–H and O–H groups in total. The molecule has 2 aromatic rings. The molecule has 11 nitrogen and oxygen atoms in total. The summed E-state index contributed by atoms with van der Waals surface area (Å²) >= 11 is 0. The van der Waals surface area contributed by atoms with Gasteiger partial charge in [-0.1, -0.05) is 18.2 Å². The van der Waals surface area contributed by atoms with E-state index in [1.807, 2.05) is 0 Å². The maximum Gasteiger partial charge on any atom is 0.459 e. The number of pyridine rings is 1. The van der Waals surface area contributed by atoms with Gasteiger partial charge in [0.1, 0.15) is 29.7 Å². The Kier molecular flexibility index (Phi) is 8.58. The van der Waals surface area contributed by atoms with E-state index >= 15 is 4.39 Å². The molecule has 1 saturated heterocycles. The van der Waals surface area contributed by atoms with E-state index < -0.39 is 62.1 Å². The maximum absolute atomic E-state index is 15.5. The van der Waals surface area contributed by atoms with Gasteiger partial charge in [-0.3, -0.25) is 18.7 Å². The van der Waals surface area contributed by atoms with Gasteiger partial charge >= 0.3 is 13.7 Å². The molecule has 6 atom stereocenters. The van der Waals surface area contributed by atoms with Crippen molar-refractivity contribution in [2.24, 2.45) is 0 Å². The first kappa shape index (κ1) is 27.8. The van der Waals surface area contributed by atoms with Crippen molar-refractivity contribution in [3.05, 3.63) is 59.0 Å². The third-order valence-electron chi connectivity index (χ3n) is 5.34. The Morgan fingerprint density at radius 3 is 2.56 bits per heavy atom. The van der Waals surface area contributed by atoms with E-state index in [0.717, 1.165) is 23.8 Å². The smallest absolute Gasteiger partial charge is 0.459 e. The first-order valence-corrected chi connectivity index (χ1v) is 12.8. The number of hydrogen-bond acceptors (Lipinski definition) is 9. The lowest BCUT2D eigenvalue weighted by molar-refractivity contribution is -0.149. The summed E-state index contributed by atoms with van der Waals surface area (Å²) in [6.07, 6.45) is -3.99. The minimum absolute atomic E-state index is 0.162. The van der Waals surface area contributed by atoms with Crippen molar-refractivity contribution >= 4 is 13.7 Å². The van der Waals surface area contributed by atoms with E-state index in [0.29, 0.717) is 0 Å². The van der Waals surface area contributed by atoms with Gasteiger partial charge in [0, 0.05) is 12.3 Å². The summed E-state index contributed by atoms with van der Waals surface area (Å²) in [6, 6.07) is 8.95. The fourth-order valence-electron chi connectivity index (χ4n) is 3.53. The van der Waals surface area contributed by atoms with Crippen LogP contribution >= 0.6 is 7.75 Å². The molecule has 6 unspecified atom stereocenters. The Hall–Kier alpha value is -2.76. The molecule has 0 radical (unpaired) electrons. The second kappa shape index (κ2) is 11.1. The van der Waals surface area contributed by atoms with Crippen LogP contribution in [-0.4, -0.2) is 57.4 Å². The Morgan fingerprint density at radius 1 is 1.28 bits per heavy atom. The fourth-order valence-corrected chi connectivity index (χ4v) is 5.03. The molecular formula is C23H30FN2O9P. The number of hydrogen-bond donors (Lipinski definition) is 3. The predicted octanol–water partition coefficient (Wildman–Crippen LogP) is 2.67.